The van der Waals surface area contributed by atoms with E-state index < -0.39 is 28.5 Å². The quantitative estimate of drug-likeness (QED) is 0.264. The zero-order chi connectivity index (χ0) is 31.0. The van der Waals surface area contributed by atoms with Gasteiger partial charge in [-0.15, -0.1) is 0 Å². The van der Waals surface area contributed by atoms with Gasteiger partial charge in [0.15, 0.2) is 11.5 Å². The minimum atomic E-state index is -4.31. The van der Waals surface area contributed by atoms with Crippen LogP contribution in [0.2, 0.25) is 10.0 Å². The van der Waals surface area contributed by atoms with E-state index in [2.05, 4.69) is 5.32 Å². The first-order valence-electron chi connectivity index (χ1n) is 13.3. The number of hydrogen-bond acceptors (Lipinski definition) is 6. The summed E-state index contributed by atoms with van der Waals surface area (Å²) >= 11 is 12.1. The van der Waals surface area contributed by atoms with Crippen LogP contribution >= 0.6 is 23.2 Å². The largest absolute Gasteiger partial charge is 0.493 e. The van der Waals surface area contributed by atoms with Crippen molar-refractivity contribution in [1.82, 2.24) is 10.2 Å². The van der Waals surface area contributed by atoms with E-state index in [0.29, 0.717) is 22.2 Å². The summed E-state index contributed by atoms with van der Waals surface area (Å²) in [4.78, 5) is 28.4. The lowest BCUT2D eigenvalue weighted by Gasteiger charge is -2.32. The lowest BCUT2D eigenvalue weighted by atomic mass is 10.1. The van der Waals surface area contributed by atoms with Gasteiger partial charge in [0.1, 0.15) is 12.6 Å². The van der Waals surface area contributed by atoms with Gasteiger partial charge >= 0.3 is 0 Å². The van der Waals surface area contributed by atoms with Gasteiger partial charge in [-0.2, -0.15) is 0 Å². The van der Waals surface area contributed by atoms with Crippen LogP contribution in [-0.4, -0.2) is 58.0 Å². The van der Waals surface area contributed by atoms with Crippen molar-refractivity contribution in [2.75, 3.05) is 25.1 Å². The fraction of sp³-hybridized carbons (Fsp3) is 0.333. The zero-order valence-electron chi connectivity index (χ0n) is 24.1. The number of nitrogens with one attached hydrogen (secondary N) is 1. The van der Waals surface area contributed by atoms with Crippen molar-refractivity contribution in [3.05, 3.63) is 82.3 Å². The SMILES string of the molecule is CCC(C)NC(=O)C(C)N(Cc1ccc(Cl)cc1)C(=O)CN(c1ccc(Cl)cc1)S(=O)(=O)c1ccc(OC)c(OC)c1. The molecule has 2 atom stereocenters. The van der Waals surface area contributed by atoms with E-state index in [1.165, 1.54) is 61.6 Å². The number of methoxy groups -OCH3 is 2. The topological polar surface area (TPSA) is 105 Å². The zero-order valence-corrected chi connectivity index (χ0v) is 26.5. The van der Waals surface area contributed by atoms with Crippen LogP contribution in [0.5, 0.6) is 11.5 Å². The molecule has 42 heavy (non-hydrogen) atoms. The Morgan fingerprint density at radius 1 is 0.881 bits per heavy atom. The van der Waals surface area contributed by atoms with Crippen molar-refractivity contribution < 1.29 is 27.5 Å². The standard InChI is InChI=1S/C30H35Cl2N3O6S/c1-6-20(2)33-30(37)21(3)34(18-22-7-9-23(31)10-8-22)29(36)19-35(25-13-11-24(32)12-14-25)42(38,39)26-15-16-27(40-4)28(17-26)41-5/h7-17,20-21H,6,18-19H2,1-5H3,(H,33,37). The summed E-state index contributed by atoms with van der Waals surface area (Å²) in [6, 6.07) is 16.1. The van der Waals surface area contributed by atoms with Crippen molar-refractivity contribution in [2.45, 2.75) is 50.7 Å². The Morgan fingerprint density at radius 2 is 1.45 bits per heavy atom. The van der Waals surface area contributed by atoms with Gasteiger partial charge in [0, 0.05) is 28.7 Å². The van der Waals surface area contributed by atoms with E-state index in [1.807, 2.05) is 13.8 Å². The lowest BCUT2D eigenvalue weighted by molar-refractivity contribution is -0.139. The Kier molecular flexibility index (Phi) is 11.5. The molecule has 0 aliphatic carbocycles. The van der Waals surface area contributed by atoms with Crippen molar-refractivity contribution in [2.24, 2.45) is 0 Å². The maximum absolute atomic E-state index is 14.1. The summed E-state index contributed by atoms with van der Waals surface area (Å²) < 4.78 is 39.7. The first-order valence-corrected chi connectivity index (χ1v) is 15.5. The summed E-state index contributed by atoms with van der Waals surface area (Å²) in [5.74, 6) is -0.385. The molecule has 0 saturated heterocycles. The van der Waals surface area contributed by atoms with Crippen LogP contribution in [-0.2, 0) is 26.2 Å². The summed E-state index contributed by atoms with van der Waals surface area (Å²) in [6.45, 7) is 4.88. The fourth-order valence-electron chi connectivity index (χ4n) is 4.07. The number of sulfonamides is 1. The summed E-state index contributed by atoms with van der Waals surface area (Å²) in [5, 5.41) is 3.82. The van der Waals surface area contributed by atoms with E-state index in [4.69, 9.17) is 32.7 Å². The van der Waals surface area contributed by atoms with Crippen molar-refractivity contribution in [1.29, 1.82) is 0 Å². The van der Waals surface area contributed by atoms with Gasteiger partial charge in [-0.1, -0.05) is 42.3 Å². The van der Waals surface area contributed by atoms with Crippen LogP contribution < -0.4 is 19.1 Å². The minimum Gasteiger partial charge on any atom is -0.493 e. The molecule has 2 amide bonds. The molecule has 0 saturated carbocycles. The molecule has 0 heterocycles. The molecule has 0 fully saturated rings. The molecule has 2 unspecified atom stereocenters. The third kappa shape index (κ3) is 8.08. The highest BCUT2D eigenvalue weighted by Crippen LogP contribution is 2.32. The number of anilines is 1. The molecule has 0 aromatic heterocycles. The van der Waals surface area contributed by atoms with Crippen LogP contribution in [0.3, 0.4) is 0 Å². The molecule has 3 aromatic rings. The second-order valence-electron chi connectivity index (χ2n) is 9.65. The Balaban J connectivity index is 2.06. The molecule has 0 aliphatic rings. The van der Waals surface area contributed by atoms with Gasteiger partial charge < -0.3 is 19.7 Å². The molecule has 226 valence electrons. The average Bonchev–Trinajstić information content (AvgIpc) is 2.98. The van der Waals surface area contributed by atoms with Crippen LogP contribution in [0.4, 0.5) is 5.69 Å². The van der Waals surface area contributed by atoms with Gasteiger partial charge in [-0.3, -0.25) is 13.9 Å². The van der Waals surface area contributed by atoms with Crippen molar-refractivity contribution in [3.8, 4) is 11.5 Å². The number of rotatable bonds is 13. The van der Waals surface area contributed by atoms with Crippen LogP contribution in [0.25, 0.3) is 0 Å². The molecule has 3 aromatic carbocycles. The number of halogens is 2. The molecule has 12 heteroatoms. The highest BCUT2D eigenvalue weighted by Gasteiger charge is 2.33. The Hall–Kier alpha value is -3.47. The van der Waals surface area contributed by atoms with E-state index in [-0.39, 0.29) is 34.8 Å². The van der Waals surface area contributed by atoms with E-state index in [0.717, 1.165) is 9.87 Å². The molecule has 1 N–H and O–H groups in total. The molecular formula is C30H35Cl2N3O6S. The van der Waals surface area contributed by atoms with E-state index in [1.54, 1.807) is 31.2 Å². The number of carbonyl (C=O) groups excluding carboxylic acids is 2. The first-order chi connectivity index (χ1) is 19.9. The number of ether oxygens (including phenoxy) is 2. The molecule has 0 bridgehead atoms. The molecule has 3 rings (SSSR count). The molecule has 0 aliphatic heterocycles. The van der Waals surface area contributed by atoms with Gasteiger partial charge in [-0.25, -0.2) is 8.42 Å². The maximum atomic E-state index is 14.1. The maximum Gasteiger partial charge on any atom is 0.264 e. The monoisotopic (exact) mass is 635 g/mol. The van der Waals surface area contributed by atoms with Crippen molar-refractivity contribution >= 4 is 50.7 Å². The van der Waals surface area contributed by atoms with Crippen LogP contribution in [0.15, 0.2) is 71.6 Å². The molecular weight excluding hydrogens is 601 g/mol. The number of nitrogens with zero attached hydrogens (tertiary/aromatic N) is 2. The minimum absolute atomic E-state index is 0.0515. The number of amides is 2. The second-order valence-corrected chi connectivity index (χ2v) is 12.4. The highest BCUT2D eigenvalue weighted by molar-refractivity contribution is 7.92. The number of carbonyl (C=O) groups is 2. The predicted octanol–water partition coefficient (Wildman–Crippen LogP) is 5.54. The smallest absolute Gasteiger partial charge is 0.264 e. The average molecular weight is 637 g/mol. The Bertz CT molecular complexity index is 1480. The Labute approximate surface area is 257 Å². The summed E-state index contributed by atoms with van der Waals surface area (Å²) in [5.41, 5.74) is 0.933. The third-order valence-electron chi connectivity index (χ3n) is 6.77. The van der Waals surface area contributed by atoms with Gasteiger partial charge in [0.05, 0.1) is 24.8 Å². The molecule has 0 spiro atoms. The third-order valence-corrected chi connectivity index (χ3v) is 9.04. The fourth-order valence-corrected chi connectivity index (χ4v) is 5.76. The van der Waals surface area contributed by atoms with Crippen LogP contribution in [0.1, 0.15) is 32.8 Å². The van der Waals surface area contributed by atoms with E-state index in [9.17, 15) is 18.0 Å². The summed E-state index contributed by atoms with van der Waals surface area (Å²) in [6.07, 6.45) is 0.706. The molecule has 9 nitrogen and oxygen atoms in total. The van der Waals surface area contributed by atoms with E-state index >= 15 is 0 Å². The second kappa shape index (κ2) is 14.6. The Morgan fingerprint density at radius 3 is 2.00 bits per heavy atom. The lowest BCUT2D eigenvalue weighted by Crippen LogP contribution is -2.52. The predicted molar refractivity (Wildman–Crippen MR) is 165 cm³/mol. The van der Waals surface area contributed by atoms with Gasteiger partial charge in [-0.05, 0) is 74.4 Å². The number of benzene rings is 3. The van der Waals surface area contributed by atoms with Crippen molar-refractivity contribution in [3.63, 3.8) is 0 Å². The highest BCUT2D eigenvalue weighted by atomic mass is 35.5. The normalized spacial score (nSPS) is 12.6. The van der Waals surface area contributed by atoms with Gasteiger partial charge in [0.2, 0.25) is 11.8 Å². The van der Waals surface area contributed by atoms with Gasteiger partial charge in [0.25, 0.3) is 10.0 Å². The van der Waals surface area contributed by atoms with Crippen LogP contribution in [0, 0.1) is 0 Å². The summed E-state index contributed by atoms with van der Waals surface area (Å²) in [7, 11) is -1.47. The number of hydrogen-bond donors (Lipinski definition) is 1. The first kappa shape index (κ1) is 33.0. The molecule has 0 radical (unpaired) electrons.